The van der Waals surface area contributed by atoms with E-state index >= 15 is 0 Å². The van der Waals surface area contributed by atoms with Gasteiger partial charge in [0.15, 0.2) is 11.5 Å². The Bertz CT molecular complexity index is 408. The molecular formula is C12H14O3. The standard InChI is InChI=1S/C12H14O3/c1-8-4-9(6-12(13)2-3-12)5-10-11(8)15-7-14-10/h4-5,13H,2-3,6-7H2,1H3. The second kappa shape index (κ2) is 2.89. The summed E-state index contributed by atoms with van der Waals surface area (Å²) in [4.78, 5) is 0. The predicted octanol–water partition coefficient (Wildman–Crippen LogP) is 1.79. The Morgan fingerprint density at radius 2 is 2.13 bits per heavy atom. The average molecular weight is 206 g/mol. The quantitative estimate of drug-likeness (QED) is 0.801. The minimum Gasteiger partial charge on any atom is -0.454 e. The first-order valence-electron chi connectivity index (χ1n) is 5.28. The number of aliphatic hydroxyl groups is 1. The number of fused-ring (bicyclic) bond motifs is 1. The summed E-state index contributed by atoms with van der Waals surface area (Å²) in [5.41, 5.74) is 1.78. The fourth-order valence-electron chi connectivity index (χ4n) is 2.06. The summed E-state index contributed by atoms with van der Waals surface area (Å²) in [5.74, 6) is 1.66. The Morgan fingerprint density at radius 1 is 1.33 bits per heavy atom. The minimum atomic E-state index is -0.444. The first kappa shape index (κ1) is 9.04. The number of aryl methyl sites for hydroxylation is 1. The molecule has 0 radical (unpaired) electrons. The molecule has 15 heavy (non-hydrogen) atoms. The number of rotatable bonds is 2. The van der Waals surface area contributed by atoms with Crippen LogP contribution in [-0.4, -0.2) is 17.5 Å². The molecule has 1 fully saturated rings. The highest BCUT2D eigenvalue weighted by Gasteiger charge is 2.40. The van der Waals surface area contributed by atoms with Gasteiger partial charge < -0.3 is 14.6 Å². The van der Waals surface area contributed by atoms with Crippen LogP contribution in [0.4, 0.5) is 0 Å². The van der Waals surface area contributed by atoms with Gasteiger partial charge in [-0.15, -0.1) is 0 Å². The Labute approximate surface area is 88.6 Å². The van der Waals surface area contributed by atoms with E-state index in [-0.39, 0.29) is 0 Å². The molecule has 0 aromatic heterocycles. The summed E-state index contributed by atoms with van der Waals surface area (Å²) in [6.07, 6.45) is 2.56. The van der Waals surface area contributed by atoms with Crippen LogP contribution in [0, 0.1) is 6.92 Å². The molecule has 1 aliphatic heterocycles. The number of ether oxygens (including phenoxy) is 2. The maximum Gasteiger partial charge on any atom is 0.231 e. The number of hydrogen-bond donors (Lipinski definition) is 1. The van der Waals surface area contributed by atoms with E-state index in [0.717, 1.165) is 41.9 Å². The summed E-state index contributed by atoms with van der Waals surface area (Å²) in [6.45, 7) is 2.32. The predicted molar refractivity (Wildman–Crippen MR) is 55.2 cm³/mol. The van der Waals surface area contributed by atoms with E-state index in [2.05, 4.69) is 6.07 Å². The molecule has 0 bridgehead atoms. The van der Waals surface area contributed by atoms with Crippen LogP contribution < -0.4 is 9.47 Å². The van der Waals surface area contributed by atoms with Crippen molar-refractivity contribution in [3.05, 3.63) is 23.3 Å². The Hall–Kier alpha value is -1.22. The number of benzene rings is 1. The van der Waals surface area contributed by atoms with Crippen molar-refractivity contribution in [2.75, 3.05) is 6.79 Å². The second-order valence-corrected chi connectivity index (χ2v) is 4.55. The van der Waals surface area contributed by atoms with Crippen molar-refractivity contribution in [3.8, 4) is 11.5 Å². The van der Waals surface area contributed by atoms with Crippen LogP contribution in [0.2, 0.25) is 0 Å². The first-order valence-corrected chi connectivity index (χ1v) is 5.28. The van der Waals surface area contributed by atoms with Crippen molar-refractivity contribution in [3.63, 3.8) is 0 Å². The van der Waals surface area contributed by atoms with Crippen molar-refractivity contribution in [2.24, 2.45) is 0 Å². The molecule has 0 atom stereocenters. The van der Waals surface area contributed by atoms with Gasteiger partial charge in [0, 0.05) is 6.42 Å². The van der Waals surface area contributed by atoms with Crippen molar-refractivity contribution in [2.45, 2.75) is 31.8 Å². The zero-order valence-electron chi connectivity index (χ0n) is 8.75. The molecule has 1 heterocycles. The molecular weight excluding hydrogens is 192 g/mol. The average Bonchev–Trinajstić information content (AvgIpc) is 2.73. The summed E-state index contributed by atoms with van der Waals surface area (Å²) in [6, 6.07) is 4.05. The molecule has 0 unspecified atom stereocenters. The Balaban J connectivity index is 1.93. The lowest BCUT2D eigenvalue weighted by atomic mass is 10.0. The molecule has 1 aromatic carbocycles. The molecule has 1 aliphatic carbocycles. The van der Waals surface area contributed by atoms with Gasteiger partial charge in [0.05, 0.1) is 5.60 Å². The highest BCUT2D eigenvalue weighted by molar-refractivity contribution is 5.50. The van der Waals surface area contributed by atoms with E-state index in [1.54, 1.807) is 0 Å². The molecule has 0 amide bonds. The molecule has 1 aromatic rings. The third kappa shape index (κ3) is 1.57. The Morgan fingerprint density at radius 3 is 2.87 bits per heavy atom. The molecule has 0 saturated heterocycles. The van der Waals surface area contributed by atoms with Crippen LogP contribution in [0.3, 0.4) is 0 Å². The lowest BCUT2D eigenvalue weighted by Crippen LogP contribution is -2.10. The van der Waals surface area contributed by atoms with Crippen LogP contribution in [-0.2, 0) is 6.42 Å². The van der Waals surface area contributed by atoms with Crippen molar-refractivity contribution < 1.29 is 14.6 Å². The van der Waals surface area contributed by atoms with Gasteiger partial charge in [0.1, 0.15) is 0 Å². The lowest BCUT2D eigenvalue weighted by Gasteiger charge is -2.09. The summed E-state index contributed by atoms with van der Waals surface area (Å²) in [7, 11) is 0. The van der Waals surface area contributed by atoms with Crippen LogP contribution in [0.25, 0.3) is 0 Å². The monoisotopic (exact) mass is 206 g/mol. The van der Waals surface area contributed by atoms with E-state index in [9.17, 15) is 5.11 Å². The Kier molecular flexibility index (Phi) is 1.74. The molecule has 3 rings (SSSR count). The fourth-order valence-corrected chi connectivity index (χ4v) is 2.06. The third-order valence-electron chi connectivity index (χ3n) is 3.08. The molecule has 3 nitrogen and oxygen atoms in total. The normalized spacial score (nSPS) is 20.4. The van der Waals surface area contributed by atoms with Gasteiger partial charge in [0.2, 0.25) is 6.79 Å². The van der Waals surface area contributed by atoms with Gasteiger partial charge in [-0.1, -0.05) is 6.07 Å². The van der Waals surface area contributed by atoms with E-state index in [0.29, 0.717) is 6.79 Å². The molecule has 3 heteroatoms. The molecule has 2 aliphatic rings. The van der Waals surface area contributed by atoms with Crippen LogP contribution in [0.5, 0.6) is 11.5 Å². The zero-order valence-corrected chi connectivity index (χ0v) is 8.75. The van der Waals surface area contributed by atoms with Gasteiger partial charge in [-0.05, 0) is 37.0 Å². The summed E-state index contributed by atoms with van der Waals surface area (Å²) >= 11 is 0. The van der Waals surface area contributed by atoms with Crippen molar-refractivity contribution >= 4 is 0 Å². The fraction of sp³-hybridized carbons (Fsp3) is 0.500. The van der Waals surface area contributed by atoms with Crippen molar-refractivity contribution in [1.29, 1.82) is 0 Å². The second-order valence-electron chi connectivity index (χ2n) is 4.55. The highest BCUT2D eigenvalue weighted by atomic mass is 16.7. The zero-order chi connectivity index (χ0) is 10.5. The van der Waals surface area contributed by atoms with Crippen LogP contribution in [0.15, 0.2) is 12.1 Å². The van der Waals surface area contributed by atoms with E-state index in [4.69, 9.17) is 9.47 Å². The van der Waals surface area contributed by atoms with Crippen LogP contribution >= 0.6 is 0 Å². The van der Waals surface area contributed by atoms with E-state index < -0.39 is 5.60 Å². The van der Waals surface area contributed by atoms with Crippen molar-refractivity contribution in [1.82, 2.24) is 0 Å². The first-order chi connectivity index (χ1) is 7.16. The lowest BCUT2D eigenvalue weighted by molar-refractivity contribution is 0.151. The topological polar surface area (TPSA) is 38.7 Å². The van der Waals surface area contributed by atoms with E-state index in [1.807, 2.05) is 13.0 Å². The van der Waals surface area contributed by atoms with Gasteiger partial charge in [0.25, 0.3) is 0 Å². The molecule has 80 valence electrons. The SMILES string of the molecule is Cc1cc(CC2(O)CC2)cc2c1OCO2. The van der Waals surface area contributed by atoms with Gasteiger partial charge in [-0.2, -0.15) is 0 Å². The largest absolute Gasteiger partial charge is 0.454 e. The highest BCUT2D eigenvalue weighted by Crippen LogP contribution is 2.41. The van der Waals surface area contributed by atoms with Gasteiger partial charge >= 0.3 is 0 Å². The molecule has 0 spiro atoms. The van der Waals surface area contributed by atoms with Crippen LogP contribution in [0.1, 0.15) is 24.0 Å². The maximum atomic E-state index is 9.85. The van der Waals surface area contributed by atoms with E-state index in [1.165, 1.54) is 0 Å². The molecule has 1 N–H and O–H groups in total. The van der Waals surface area contributed by atoms with Gasteiger partial charge in [-0.3, -0.25) is 0 Å². The smallest absolute Gasteiger partial charge is 0.231 e. The third-order valence-corrected chi connectivity index (χ3v) is 3.08. The summed E-state index contributed by atoms with van der Waals surface area (Å²) < 4.78 is 10.7. The minimum absolute atomic E-state index is 0.309. The maximum absolute atomic E-state index is 9.85. The number of hydrogen-bond acceptors (Lipinski definition) is 3. The summed E-state index contributed by atoms with van der Waals surface area (Å²) in [5, 5.41) is 9.85. The molecule has 1 saturated carbocycles. The van der Waals surface area contributed by atoms with Gasteiger partial charge in [-0.25, -0.2) is 0 Å².